The summed E-state index contributed by atoms with van der Waals surface area (Å²) in [5, 5.41) is 2.74. The maximum atomic E-state index is 11.3. The number of carbonyl (C=O) groups excluding carboxylic acids is 1. The van der Waals surface area contributed by atoms with Crippen molar-refractivity contribution in [2.45, 2.75) is 18.7 Å². The molecule has 0 fully saturated rings. The normalized spacial score (nSPS) is 12.1. The van der Waals surface area contributed by atoms with Crippen molar-refractivity contribution >= 4 is 17.5 Å². The van der Waals surface area contributed by atoms with E-state index >= 15 is 0 Å². The van der Waals surface area contributed by atoms with Gasteiger partial charge < -0.3 is 5.32 Å². The lowest BCUT2D eigenvalue weighted by molar-refractivity contribution is -0.120. The van der Waals surface area contributed by atoms with E-state index in [0.717, 1.165) is 5.56 Å². The zero-order chi connectivity index (χ0) is 10.4. The van der Waals surface area contributed by atoms with Gasteiger partial charge in [-0.2, -0.15) is 0 Å². The Labute approximate surface area is 89.3 Å². The van der Waals surface area contributed by atoms with Gasteiger partial charge in [0, 0.05) is 11.9 Å². The Morgan fingerprint density at radius 1 is 1.43 bits per heavy atom. The highest BCUT2D eigenvalue weighted by molar-refractivity contribution is 6.20. The van der Waals surface area contributed by atoms with Crippen molar-refractivity contribution in [3.8, 4) is 0 Å². The van der Waals surface area contributed by atoms with Crippen LogP contribution < -0.4 is 5.32 Å². The van der Waals surface area contributed by atoms with Gasteiger partial charge in [-0.25, -0.2) is 0 Å². The standard InChI is InChI=1S/C11H14ClNO/c1-9(12)8-13-11(14)7-10-5-3-2-4-6-10/h2-6,9H,7-8H2,1H3,(H,13,14). The highest BCUT2D eigenvalue weighted by Gasteiger charge is 2.03. The quantitative estimate of drug-likeness (QED) is 0.759. The fourth-order valence-corrected chi connectivity index (χ4v) is 1.18. The van der Waals surface area contributed by atoms with Crippen LogP contribution in [0.25, 0.3) is 0 Å². The second-order valence-corrected chi connectivity index (χ2v) is 3.99. The van der Waals surface area contributed by atoms with E-state index in [1.807, 2.05) is 37.3 Å². The summed E-state index contributed by atoms with van der Waals surface area (Å²) in [6.07, 6.45) is 0.421. The summed E-state index contributed by atoms with van der Waals surface area (Å²) in [6, 6.07) is 9.65. The van der Waals surface area contributed by atoms with Crippen LogP contribution in [0, 0.1) is 0 Å². The second-order valence-electron chi connectivity index (χ2n) is 3.25. The summed E-state index contributed by atoms with van der Waals surface area (Å²) in [5.41, 5.74) is 1.02. The van der Waals surface area contributed by atoms with Gasteiger partial charge in [-0.3, -0.25) is 4.79 Å². The number of alkyl halides is 1. The van der Waals surface area contributed by atoms with Gasteiger partial charge in [-0.1, -0.05) is 30.3 Å². The van der Waals surface area contributed by atoms with Crippen molar-refractivity contribution in [1.82, 2.24) is 5.32 Å². The lowest BCUT2D eigenvalue weighted by Crippen LogP contribution is -2.29. The monoisotopic (exact) mass is 211 g/mol. The molecule has 0 saturated carbocycles. The minimum atomic E-state index is -0.0188. The molecule has 76 valence electrons. The topological polar surface area (TPSA) is 29.1 Å². The number of benzene rings is 1. The van der Waals surface area contributed by atoms with Gasteiger partial charge >= 0.3 is 0 Å². The van der Waals surface area contributed by atoms with Gasteiger partial charge in [-0.05, 0) is 12.5 Å². The summed E-state index contributed by atoms with van der Waals surface area (Å²) in [5.74, 6) is 0.0173. The maximum Gasteiger partial charge on any atom is 0.224 e. The number of amides is 1. The number of hydrogen-bond acceptors (Lipinski definition) is 1. The van der Waals surface area contributed by atoms with Crippen molar-refractivity contribution in [3.63, 3.8) is 0 Å². The SMILES string of the molecule is CC(Cl)CNC(=O)Cc1ccccc1. The third kappa shape index (κ3) is 4.28. The Morgan fingerprint density at radius 2 is 2.07 bits per heavy atom. The van der Waals surface area contributed by atoms with Crippen LogP contribution >= 0.6 is 11.6 Å². The van der Waals surface area contributed by atoms with E-state index in [4.69, 9.17) is 11.6 Å². The van der Waals surface area contributed by atoms with E-state index in [2.05, 4.69) is 5.32 Å². The van der Waals surface area contributed by atoms with Crippen LogP contribution in [0.4, 0.5) is 0 Å². The maximum absolute atomic E-state index is 11.3. The highest BCUT2D eigenvalue weighted by atomic mass is 35.5. The minimum Gasteiger partial charge on any atom is -0.354 e. The predicted molar refractivity (Wildman–Crippen MR) is 58.5 cm³/mol. The van der Waals surface area contributed by atoms with Gasteiger partial charge in [0.1, 0.15) is 0 Å². The highest BCUT2D eigenvalue weighted by Crippen LogP contribution is 1.99. The molecule has 1 N–H and O–H groups in total. The van der Waals surface area contributed by atoms with Gasteiger partial charge in [0.2, 0.25) is 5.91 Å². The van der Waals surface area contributed by atoms with Gasteiger partial charge in [-0.15, -0.1) is 11.6 Å². The van der Waals surface area contributed by atoms with Crippen LogP contribution in [0.15, 0.2) is 30.3 Å². The molecule has 0 spiro atoms. The number of carbonyl (C=O) groups is 1. The first-order valence-electron chi connectivity index (χ1n) is 4.63. The average molecular weight is 212 g/mol. The van der Waals surface area contributed by atoms with Crippen LogP contribution in [-0.4, -0.2) is 17.8 Å². The number of halogens is 1. The van der Waals surface area contributed by atoms with Crippen LogP contribution in [0.5, 0.6) is 0 Å². The first-order chi connectivity index (χ1) is 6.68. The molecule has 3 heteroatoms. The summed E-state index contributed by atoms with van der Waals surface area (Å²) in [6.45, 7) is 2.37. The first-order valence-corrected chi connectivity index (χ1v) is 5.07. The van der Waals surface area contributed by atoms with Gasteiger partial charge in [0.25, 0.3) is 0 Å². The molecule has 1 amide bonds. The second kappa shape index (κ2) is 5.66. The Hall–Kier alpha value is -1.02. The van der Waals surface area contributed by atoms with E-state index in [-0.39, 0.29) is 11.3 Å². The molecule has 14 heavy (non-hydrogen) atoms. The van der Waals surface area contributed by atoms with E-state index in [1.165, 1.54) is 0 Å². The molecule has 0 bridgehead atoms. The molecular formula is C11H14ClNO. The van der Waals surface area contributed by atoms with Gasteiger partial charge in [0.15, 0.2) is 0 Å². The fourth-order valence-electron chi connectivity index (χ4n) is 1.10. The zero-order valence-corrected chi connectivity index (χ0v) is 8.92. The molecule has 1 atom stereocenters. The Kier molecular flexibility index (Phi) is 4.47. The summed E-state index contributed by atoms with van der Waals surface area (Å²) in [4.78, 5) is 11.3. The van der Waals surface area contributed by atoms with Crippen LogP contribution in [0.1, 0.15) is 12.5 Å². The Balaban J connectivity index is 2.35. The molecule has 0 heterocycles. The third-order valence-electron chi connectivity index (χ3n) is 1.79. The minimum absolute atomic E-state index is 0.0173. The van der Waals surface area contributed by atoms with Crippen molar-refractivity contribution in [3.05, 3.63) is 35.9 Å². The molecule has 0 saturated heterocycles. The summed E-state index contributed by atoms with van der Waals surface area (Å²) < 4.78 is 0. The van der Waals surface area contributed by atoms with Crippen LogP contribution in [-0.2, 0) is 11.2 Å². The first kappa shape index (κ1) is 11.1. The molecule has 1 aromatic rings. The summed E-state index contributed by atoms with van der Waals surface area (Å²) >= 11 is 5.71. The largest absolute Gasteiger partial charge is 0.354 e. The van der Waals surface area contributed by atoms with Crippen LogP contribution in [0.3, 0.4) is 0 Å². The molecule has 0 aromatic heterocycles. The molecule has 0 radical (unpaired) electrons. The molecule has 1 aromatic carbocycles. The lowest BCUT2D eigenvalue weighted by atomic mass is 10.1. The third-order valence-corrected chi connectivity index (χ3v) is 1.94. The summed E-state index contributed by atoms with van der Waals surface area (Å²) in [7, 11) is 0. The van der Waals surface area contributed by atoms with Crippen molar-refractivity contribution < 1.29 is 4.79 Å². The molecule has 2 nitrogen and oxygen atoms in total. The lowest BCUT2D eigenvalue weighted by Gasteiger charge is -2.05. The Bertz CT molecular complexity index is 285. The molecular weight excluding hydrogens is 198 g/mol. The van der Waals surface area contributed by atoms with E-state index in [0.29, 0.717) is 13.0 Å². The molecule has 1 rings (SSSR count). The molecule has 0 aliphatic rings. The van der Waals surface area contributed by atoms with Crippen molar-refractivity contribution in [1.29, 1.82) is 0 Å². The number of nitrogens with one attached hydrogen (secondary N) is 1. The van der Waals surface area contributed by atoms with E-state index in [9.17, 15) is 4.79 Å². The smallest absolute Gasteiger partial charge is 0.224 e. The van der Waals surface area contributed by atoms with Crippen LogP contribution in [0.2, 0.25) is 0 Å². The molecule has 1 unspecified atom stereocenters. The number of hydrogen-bond donors (Lipinski definition) is 1. The average Bonchev–Trinajstić information content (AvgIpc) is 2.16. The van der Waals surface area contributed by atoms with E-state index < -0.39 is 0 Å². The van der Waals surface area contributed by atoms with Crippen molar-refractivity contribution in [2.24, 2.45) is 0 Å². The van der Waals surface area contributed by atoms with Gasteiger partial charge in [0.05, 0.1) is 6.42 Å². The Morgan fingerprint density at radius 3 is 2.64 bits per heavy atom. The molecule has 0 aliphatic carbocycles. The number of rotatable bonds is 4. The molecule has 0 aliphatic heterocycles. The predicted octanol–water partition coefficient (Wildman–Crippen LogP) is 1.97. The fraction of sp³-hybridized carbons (Fsp3) is 0.364. The van der Waals surface area contributed by atoms with Crippen molar-refractivity contribution in [2.75, 3.05) is 6.54 Å². The zero-order valence-electron chi connectivity index (χ0n) is 8.16. The van der Waals surface area contributed by atoms with E-state index in [1.54, 1.807) is 0 Å².